The molecule has 3 aliphatic heterocycles. The Morgan fingerprint density at radius 3 is 2.35 bits per heavy atom. The first-order chi connectivity index (χ1) is 18.8. The predicted octanol–water partition coefficient (Wildman–Crippen LogP) is 4.18. The van der Waals surface area contributed by atoms with Gasteiger partial charge in [-0.15, -0.1) is 13.2 Å². The Bertz CT molecular complexity index is 957. The van der Waals surface area contributed by atoms with Gasteiger partial charge >= 0.3 is 0 Å². The monoisotopic (exact) mass is 559 g/mol. The third-order valence-corrected chi connectivity index (χ3v) is 8.80. The van der Waals surface area contributed by atoms with E-state index in [1.807, 2.05) is 11.8 Å². The van der Waals surface area contributed by atoms with Crippen molar-refractivity contribution in [3.8, 4) is 0 Å². The molecule has 3 saturated heterocycles. The Morgan fingerprint density at radius 1 is 1.10 bits per heavy atom. The normalized spacial score (nSPS) is 27.6. The second kappa shape index (κ2) is 12.8. The van der Waals surface area contributed by atoms with Gasteiger partial charge in [0.15, 0.2) is 0 Å². The third-order valence-electron chi connectivity index (χ3n) is 8.80. The fraction of sp³-hybridized carbons (Fsp3) is 0.781. The van der Waals surface area contributed by atoms with Crippen molar-refractivity contribution >= 4 is 17.7 Å². The number of amides is 3. The van der Waals surface area contributed by atoms with Gasteiger partial charge in [-0.05, 0) is 64.2 Å². The molecular formula is C32H53N3O5. The molecule has 8 heteroatoms. The van der Waals surface area contributed by atoms with Crippen LogP contribution in [0.5, 0.6) is 0 Å². The molecule has 40 heavy (non-hydrogen) atoms. The van der Waals surface area contributed by atoms with E-state index in [1.165, 1.54) is 0 Å². The number of aliphatic hydroxyl groups is 1. The fourth-order valence-electron chi connectivity index (χ4n) is 7.76. The van der Waals surface area contributed by atoms with Crippen LogP contribution in [-0.2, 0) is 19.1 Å². The summed E-state index contributed by atoms with van der Waals surface area (Å²) in [6, 6.07) is -0.792. The molecule has 3 aliphatic rings. The Balaban J connectivity index is 2.05. The molecule has 1 N–H and O–H groups in total. The molecule has 0 aromatic heterocycles. The number of ether oxygens (including phenoxy) is 1. The summed E-state index contributed by atoms with van der Waals surface area (Å²) in [5.41, 5.74) is -1.52. The molecule has 2 bridgehead atoms. The van der Waals surface area contributed by atoms with Crippen LogP contribution >= 0.6 is 0 Å². The van der Waals surface area contributed by atoms with Crippen LogP contribution in [0.4, 0.5) is 0 Å². The largest absolute Gasteiger partial charge is 0.396 e. The number of hydrogen-bond donors (Lipinski definition) is 1. The van der Waals surface area contributed by atoms with E-state index in [0.717, 1.165) is 19.3 Å². The summed E-state index contributed by atoms with van der Waals surface area (Å²) in [5.74, 6) is -1.62. The molecule has 226 valence electrons. The molecule has 3 amide bonds. The summed E-state index contributed by atoms with van der Waals surface area (Å²) < 4.78 is 6.68. The van der Waals surface area contributed by atoms with Gasteiger partial charge in [0.05, 0.1) is 17.9 Å². The van der Waals surface area contributed by atoms with Crippen LogP contribution in [0.1, 0.15) is 86.5 Å². The number of unbranched alkanes of at least 4 members (excludes halogenated alkanes) is 2. The highest BCUT2D eigenvalue weighted by atomic mass is 16.5. The van der Waals surface area contributed by atoms with Crippen molar-refractivity contribution in [2.24, 2.45) is 17.3 Å². The van der Waals surface area contributed by atoms with Gasteiger partial charge in [-0.25, -0.2) is 0 Å². The van der Waals surface area contributed by atoms with E-state index in [2.05, 4.69) is 47.8 Å². The highest BCUT2D eigenvalue weighted by Gasteiger charge is 2.75. The van der Waals surface area contributed by atoms with Crippen molar-refractivity contribution < 1.29 is 24.2 Å². The molecule has 0 aromatic carbocycles. The lowest BCUT2D eigenvalue weighted by Crippen LogP contribution is -2.61. The average molecular weight is 560 g/mol. The van der Waals surface area contributed by atoms with Crippen LogP contribution in [0, 0.1) is 17.3 Å². The maximum absolute atomic E-state index is 14.7. The second-order valence-electron chi connectivity index (χ2n) is 13.7. The molecule has 1 spiro atoms. The average Bonchev–Trinajstić information content (AvgIpc) is 3.50. The van der Waals surface area contributed by atoms with E-state index >= 15 is 0 Å². The van der Waals surface area contributed by atoms with Gasteiger partial charge in [-0.2, -0.15) is 0 Å². The minimum atomic E-state index is -1.01. The van der Waals surface area contributed by atoms with Crippen molar-refractivity contribution in [1.82, 2.24) is 14.7 Å². The fourth-order valence-corrected chi connectivity index (χ4v) is 7.76. The molecule has 2 unspecified atom stereocenters. The topological polar surface area (TPSA) is 90.4 Å². The molecule has 8 nitrogen and oxygen atoms in total. The summed E-state index contributed by atoms with van der Waals surface area (Å²) in [4.78, 5) is 48.3. The zero-order chi connectivity index (χ0) is 29.9. The summed E-state index contributed by atoms with van der Waals surface area (Å²) >= 11 is 0. The lowest BCUT2D eigenvalue weighted by Gasteiger charge is -2.45. The summed E-state index contributed by atoms with van der Waals surface area (Å²) in [6.45, 7) is 22.3. The molecule has 3 fully saturated rings. The van der Waals surface area contributed by atoms with Gasteiger partial charge in [0, 0.05) is 38.3 Å². The second-order valence-corrected chi connectivity index (χ2v) is 13.7. The van der Waals surface area contributed by atoms with Gasteiger partial charge < -0.3 is 24.5 Å². The maximum atomic E-state index is 14.7. The van der Waals surface area contributed by atoms with E-state index in [-0.39, 0.29) is 35.8 Å². The van der Waals surface area contributed by atoms with E-state index in [1.54, 1.807) is 22.0 Å². The standard InChI is InChI=1S/C32H53N3O5/c1-9-17-33(18-10-2)27(37)24-23-15-16-32(40-23)25(24)28(38)34(20-13-12-14-21-36)26(32)29(39)35(19-11-3)31(7,8)22-30(4,5)6/h9,11,23-26,36H,1,3,10,12-22H2,2,4-8H3/t23-,24+,25-,26?,32?/m0/s1. The molecule has 5 atom stereocenters. The van der Waals surface area contributed by atoms with Gasteiger partial charge in [-0.1, -0.05) is 39.8 Å². The van der Waals surface area contributed by atoms with Crippen molar-refractivity contribution in [2.45, 2.75) is 110 Å². The maximum Gasteiger partial charge on any atom is 0.249 e. The minimum absolute atomic E-state index is 0.0206. The molecule has 0 aromatic rings. The van der Waals surface area contributed by atoms with Crippen LogP contribution in [0.15, 0.2) is 25.3 Å². The molecule has 0 radical (unpaired) electrons. The predicted molar refractivity (Wildman–Crippen MR) is 157 cm³/mol. The molecule has 0 saturated carbocycles. The first-order valence-electron chi connectivity index (χ1n) is 15.2. The summed E-state index contributed by atoms with van der Waals surface area (Å²) in [5, 5.41) is 9.30. The van der Waals surface area contributed by atoms with Crippen molar-refractivity contribution in [3.63, 3.8) is 0 Å². The third kappa shape index (κ3) is 6.18. The van der Waals surface area contributed by atoms with Gasteiger partial charge in [0.2, 0.25) is 17.7 Å². The Morgan fingerprint density at radius 2 is 1.77 bits per heavy atom. The van der Waals surface area contributed by atoms with Crippen molar-refractivity contribution in [2.75, 3.05) is 32.8 Å². The number of carbonyl (C=O) groups is 3. The van der Waals surface area contributed by atoms with Crippen LogP contribution in [-0.4, -0.2) is 93.6 Å². The van der Waals surface area contributed by atoms with E-state index in [0.29, 0.717) is 51.9 Å². The number of carbonyl (C=O) groups excluding carboxylic acids is 3. The smallest absolute Gasteiger partial charge is 0.249 e. The lowest BCUT2D eigenvalue weighted by atomic mass is 9.70. The Kier molecular flexibility index (Phi) is 10.3. The van der Waals surface area contributed by atoms with Crippen LogP contribution < -0.4 is 0 Å². The highest BCUT2D eigenvalue weighted by Crippen LogP contribution is 2.59. The number of nitrogens with zero attached hydrogens (tertiary/aromatic N) is 3. The Hall–Kier alpha value is -2.19. The zero-order valence-corrected chi connectivity index (χ0v) is 25.8. The number of likely N-dealkylation sites (tertiary alicyclic amines) is 1. The van der Waals surface area contributed by atoms with E-state index < -0.39 is 29.0 Å². The number of hydrogen-bond acceptors (Lipinski definition) is 5. The molecular weight excluding hydrogens is 506 g/mol. The lowest BCUT2D eigenvalue weighted by molar-refractivity contribution is -0.153. The van der Waals surface area contributed by atoms with Gasteiger partial charge in [0.25, 0.3) is 0 Å². The zero-order valence-electron chi connectivity index (χ0n) is 25.8. The Labute approximate surface area is 241 Å². The number of rotatable bonds is 15. The first kappa shape index (κ1) is 32.3. The highest BCUT2D eigenvalue weighted by molar-refractivity contribution is 5.99. The minimum Gasteiger partial charge on any atom is -0.396 e. The van der Waals surface area contributed by atoms with E-state index in [9.17, 15) is 19.5 Å². The van der Waals surface area contributed by atoms with Crippen LogP contribution in [0.3, 0.4) is 0 Å². The molecule has 3 rings (SSSR count). The quantitative estimate of drug-likeness (QED) is 0.240. The number of fused-ring (bicyclic) bond motifs is 1. The van der Waals surface area contributed by atoms with Crippen LogP contribution in [0.2, 0.25) is 0 Å². The van der Waals surface area contributed by atoms with Crippen molar-refractivity contribution in [1.29, 1.82) is 0 Å². The van der Waals surface area contributed by atoms with E-state index in [4.69, 9.17) is 4.74 Å². The number of aliphatic hydroxyl groups excluding tert-OH is 1. The summed E-state index contributed by atoms with van der Waals surface area (Å²) in [6.07, 6.45) is 7.98. The van der Waals surface area contributed by atoms with Crippen molar-refractivity contribution in [3.05, 3.63) is 25.3 Å². The molecule has 0 aliphatic carbocycles. The van der Waals surface area contributed by atoms with Crippen LogP contribution in [0.25, 0.3) is 0 Å². The van der Waals surface area contributed by atoms with Gasteiger partial charge in [0.1, 0.15) is 11.6 Å². The summed E-state index contributed by atoms with van der Waals surface area (Å²) in [7, 11) is 0. The SMILES string of the molecule is C=CCN(CCC)C(=O)[C@@H]1[C@@H]2CCC3(O2)C(C(=O)N(CC=C)C(C)(C)CC(C)(C)C)N(CCCCCO)C(=O)[C@H]13. The first-order valence-corrected chi connectivity index (χ1v) is 15.2. The molecule has 3 heterocycles. The van der Waals surface area contributed by atoms with Gasteiger partial charge in [-0.3, -0.25) is 14.4 Å².